The summed E-state index contributed by atoms with van der Waals surface area (Å²) in [5.41, 5.74) is 2.45. The molecule has 1 amide bonds. The number of carbonyl (C=O) groups excluding carboxylic acids is 1. The first-order valence-electron chi connectivity index (χ1n) is 12.0. The van der Waals surface area contributed by atoms with Crippen LogP contribution in [0.15, 0.2) is 53.4 Å². The molecule has 2 N–H and O–H groups in total. The first-order chi connectivity index (χ1) is 16.3. The summed E-state index contributed by atoms with van der Waals surface area (Å²) in [6.07, 6.45) is 6.53. The number of hydrogen-bond acceptors (Lipinski definition) is 5. The third-order valence-corrected chi connectivity index (χ3v) is 8.29. The van der Waals surface area contributed by atoms with Crippen molar-refractivity contribution in [2.75, 3.05) is 36.2 Å². The first kappa shape index (κ1) is 22.9. The lowest BCUT2D eigenvalue weighted by atomic mass is 10.0. The van der Waals surface area contributed by atoms with Gasteiger partial charge in [-0.3, -0.25) is 14.4 Å². The van der Waals surface area contributed by atoms with E-state index in [0.717, 1.165) is 31.1 Å². The number of nitrogens with zero attached hydrogens (tertiary/aromatic N) is 2. The van der Waals surface area contributed by atoms with E-state index >= 15 is 0 Å². The maximum Gasteiger partial charge on any atom is 0.263 e. The van der Waals surface area contributed by atoms with Crippen LogP contribution in [0.25, 0.3) is 6.08 Å². The van der Waals surface area contributed by atoms with Crippen molar-refractivity contribution >= 4 is 33.4 Å². The van der Waals surface area contributed by atoms with Crippen LogP contribution in [-0.4, -0.2) is 62.4 Å². The van der Waals surface area contributed by atoms with E-state index in [-0.39, 0.29) is 22.9 Å². The molecule has 1 saturated heterocycles. The summed E-state index contributed by atoms with van der Waals surface area (Å²) >= 11 is 0. The topological polar surface area (TPSA) is 81.8 Å². The lowest BCUT2D eigenvalue weighted by Crippen LogP contribution is -2.58. The second-order valence-corrected chi connectivity index (χ2v) is 11.4. The Balaban J connectivity index is 1.28. The van der Waals surface area contributed by atoms with Crippen LogP contribution in [-0.2, 0) is 10.0 Å². The molecular formula is C26H32N4O3S. The lowest BCUT2D eigenvalue weighted by Gasteiger charge is -2.44. The smallest absolute Gasteiger partial charge is 0.263 e. The molecule has 0 bridgehead atoms. The molecule has 34 heavy (non-hydrogen) atoms. The molecule has 8 heteroatoms. The number of rotatable bonds is 6. The number of fused-ring (bicyclic) bond motifs is 1. The number of para-hydroxylation sites is 1. The number of anilines is 2. The quantitative estimate of drug-likeness (QED) is 0.656. The highest BCUT2D eigenvalue weighted by atomic mass is 32.2. The Hall–Kier alpha value is -2.84. The highest BCUT2D eigenvalue weighted by Gasteiger charge is 2.35. The van der Waals surface area contributed by atoms with Crippen molar-refractivity contribution in [3.63, 3.8) is 0 Å². The molecule has 180 valence electrons. The molecule has 2 heterocycles. The first-order valence-corrected chi connectivity index (χ1v) is 13.5. The van der Waals surface area contributed by atoms with E-state index in [9.17, 15) is 13.2 Å². The minimum atomic E-state index is -3.78. The van der Waals surface area contributed by atoms with Gasteiger partial charge in [0.05, 0.1) is 5.69 Å². The van der Waals surface area contributed by atoms with E-state index in [1.807, 2.05) is 23.1 Å². The zero-order valence-corrected chi connectivity index (χ0v) is 20.5. The van der Waals surface area contributed by atoms with E-state index in [0.29, 0.717) is 23.5 Å². The zero-order valence-electron chi connectivity index (χ0n) is 19.7. The van der Waals surface area contributed by atoms with Crippen molar-refractivity contribution in [1.82, 2.24) is 9.80 Å². The third kappa shape index (κ3) is 4.70. The van der Waals surface area contributed by atoms with Gasteiger partial charge in [0.25, 0.3) is 15.9 Å². The Morgan fingerprint density at radius 2 is 1.76 bits per heavy atom. The zero-order chi connectivity index (χ0) is 23.9. The highest BCUT2D eigenvalue weighted by molar-refractivity contribution is 7.92. The van der Waals surface area contributed by atoms with E-state index < -0.39 is 10.0 Å². The van der Waals surface area contributed by atoms with Crippen LogP contribution in [0.3, 0.4) is 0 Å². The van der Waals surface area contributed by atoms with Gasteiger partial charge in [0.15, 0.2) is 0 Å². The summed E-state index contributed by atoms with van der Waals surface area (Å²) in [5.74, 6) is 0.834. The van der Waals surface area contributed by atoms with E-state index in [1.165, 1.54) is 12.8 Å². The fraction of sp³-hybridized carbons (Fsp3) is 0.423. The summed E-state index contributed by atoms with van der Waals surface area (Å²) < 4.78 is 28.8. The van der Waals surface area contributed by atoms with Crippen LogP contribution in [0.5, 0.6) is 0 Å². The van der Waals surface area contributed by atoms with E-state index in [1.54, 1.807) is 36.4 Å². The molecule has 2 fully saturated rings. The number of sulfonamides is 1. The molecule has 0 spiro atoms. The van der Waals surface area contributed by atoms with Gasteiger partial charge in [-0.15, -0.1) is 0 Å². The minimum Gasteiger partial charge on any atom is -0.380 e. The van der Waals surface area contributed by atoms with E-state index in [4.69, 9.17) is 0 Å². The molecule has 2 aromatic rings. The molecule has 5 rings (SSSR count). The lowest BCUT2D eigenvalue weighted by molar-refractivity contribution is 0.0278. The van der Waals surface area contributed by atoms with Gasteiger partial charge in [-0.2, -0.15) is 0 Å². The average Bonchev–Trinajstić information content (AvgIpc) is 3.62. The summed E-state index contributed by atoms with van der Waals surface area (Å²) in [4.78, 5) is 18.0. The van der Waals surface area contributed by atoms with Crippen LogP contribution < -0.4 is 10.0 Å². The number of amides is 1. The Bertz CT molecular complexity index is 1190. The van der Waals surface area contributed by atoms with Gasteiger partial charge in [-0.05, 0) is 68.5 Å². The Kier molecular flexibility index (Phi) is 6.12. The molecule has 2 atom stereocenters. The number of piperazine rings is 1. The molecule has 0 aromatic heterocycles. The normalized spacial score (nSPS) is 22.7. The molecule has 2 aromatic carbocycles. The largest absolute Gasteiger partial charge is 0.380 e. The predicted octanol–water partition coefficient (Wildman–Crippen LogP) is 3.87. The standard InChI is InChI=1S/C26H32N4O3S/c1-18-15-29(17-20-8-9-20)16-19(2)30(18)26(31)22-10-12-23(13-11-22)28-34(32,33)24-7-3-5-21-6-4-14-27-25(21)24/h3-7,10-13,18-20,27-28H,8-9,14-17H2,1-2H3. The van der Waals surface area contributed by atoms with Crippen LogP contribution in [0, 0.1) is 5.92 Å². The van der Waals surface area contributed by atoms with Crippen molar-refractivity contribution < 1.29 is 13.2 Å². The Morgan fingerprint density at radius 3 is 2.44 bits per heavy atom. The molecule has 2 aliphatic heterocycles. The second-order valence-electron chi connectivity index (χ2n) is 9.76. The van der Waals surface area contributed by atoms with Crippen molar-refractivity contribution in [1.29, 1.82) is 0 Å². The van der Waals surface area contributed by atoms with Crippen molar-refractivity contribution in [3.05, 3.63) is 59.7 Å². The van der Waals surface area contributed by atoms with Gasteiger partial charge in [-0.25, -0.2) is 8.42 Å². The number of nitrogens with one attached hydrogen (secondary N) is 2. The number of hydrogen-bond donors (Lipinski definition) is 2. The van der Waals surface area contributed by atoms with Crippen molar-refractivity contribution in [3.8, 4) is 0 Å². The summed E-state index contributed by atoms with van der Waals surface area (Å²) in [6.45, 7) is 7.74. The third-order valence-electron chi connectivity index (χ3n) is 6.87. The number of carbonyl (C=O) groups is 1. The predicted molar refractivity (Wildman–Crippen MR) is 135 cm³/mol. The SMILES string of the molecule is CC1CN(CC2CC2)CC(C)N1C(=O)c1ccc(NS(=O)(=O)c2cccc3c2NCC=C3)cc1. The molecule has 0 radical (unpaired) electrons. The Morgan fingerprint density at radius 1 is 1.06 bits per heavy atom. The van der Waals surface area contributed by atoms with Crippen LogP contribution in [0.2, 0.25) is 0 Å². The van der Waals surface area contributed by atoms with Gasteiger partial charge in [0.1, 0.15) is 4.90 Å². The summed E-state index contributed by atoms with van der Waals surface area (Å²) in [6, 6.07) is 12.2. The monoisotopic (exact) mass is 480 g/mol. The fourth-order valence-electron chi connectivity index (χ4n) is 5.13. The fourth-order valence-corrected chi connectivity index (χ4v) is 6.41. The summed E-state index contributed by atoms with van der Waals surface area (Å²) in [5, 5.41) is 3.15. The van der Waals surface area contributed by atoms with Crippen molar-refractivity contribution in [2.24, 2.45) is 5.92 Å². The molecule has 1 aliphatic carbocycles. The Labute approximate surface area is 201 Å². The van der Waals surface area contributed by atoms with Crippen LogP contribution in [0.4, 0.5) is 11.4 Å². The van der Waals surface area contributed by atoms with Crippen LogP contribution in [0.1, 0.15) is 42.6 Å². The van der Waals surface area contributed by atoms with E-state index in [2.05, 4.69) is 28.8 Å². The van der Waals surface area contributed by atoms with Gasteiger partial charge < -0.3 is 10.2 Å². The van der Waals surface area contributed by atoms with Crippen molar-refractivity contribution in [2.45, 2.75) is 43.7 Å². The maximum atomic E-state index is 13.3. The molecule has 3 aliphatic rings. The maximum absolute atomic E-state index is 13.3. The molecule has 7 nitrogen and oxygen atoms in total. The van der Waals surface area contributed by atoms with Gasteiger partial charge in [0.2, 0.25) is 0 Å². The molecule has 2 unspecified atom stereocenters. The summed E-state index contributed by atoms with van der Waals surface area (Å²) in [7, 11) is -3.78. The average molecular weight is 481 g/mol. The minimum absolute atomic E-state index is 0.00593. The highest BCUT2D eigenvalue weighted by Crippen LogP contribution is 2.32. The van der Waals surface area contributed by atoms with Gasteiger partial charge in [-0.1, -0.05) is 24.3 Å². The van der Waals surface area contributed by atoms with Gasteiger partial charge >= 0.3 is 0 Å². The van der Waals surface area contributed by atoms with Crippen LogP contribution >= 0.6 is 0 Å². The number of benzene rings is 2. The van der Waals surface area contributed by atoms with Gasteiger partial charge in [0, 0.05) is 49.5 Å². The molecular weight excluding hydrogens is 448 g/mol. The molecule has 1 saturated carbocycles. The second kappa shape index (κ2) is 9.07.